The predicted molar refractivity (Wildman–Crippen MR) is 100 cm³/mol. The number of rotatable bonds is 4. The van der Waals surface area contributed by atoms with Crippen LogP contribution in [0.15, 0.2) is 27.6 Å². The summed E-state index contributed by atoms with van der Waals surface area (Å²) in [5.41, 5.74) is 0.632. The quantitative estimate of drug-likeness (QED) is 0.842. The van der Waals surface area contributed by atoms with Gasteiger partial charge in [-0.25, -0.2) is 8.42 Å². The maximum absolute atomic E-state index is 13.2. The van der Waals surface area contributed by atoms with Crippen molar-refractivity contribution < 1.29 is 17.7 Å². The fraction of sp³-hybridized carbons (Fsp3) is 0.526. The number of fused-ring (bicyclic) bond motifs is 1. The minimum absolute atomic E-state index is 0.0554. The molecule has 1 aromatic heterocycles. The molecule has 1 saturated carbocycles. The molecule has 0 bridgehead atoms. The molecule has 1 atom stereocenters. The lowest BCUT2D eigenvalue weighted by molar-refractivity contribution is -0.119. The summed E-state index contributed by atoms with van der Waals surface area (Å²) < 4.78 is 33.2. The van der Waals surface area contributed by atoms with E-state index >= 15 is 0 Å². The van der Waals surface area contributed by atoms with E-state index in [1.807, 2.05) is 0 Å². The second-order valence-corrected chi connectivity index (χ2v) is 10.3. The number of sulfonamides is 1. The van der Waals surface area contributed by atoms with Crippen LogP contribution in [0.4, 0.5) is 5.69 Å². The van der Waals surface area contributed by atoms with Gasteiger partial charge in [-0.3, -0.25) is 4.79 Å². The van der Waals surface area contributed by atoms with Gasteiger partial charge in [-0.2, -0.15) is 9.29 Å². The Balaban J connectivity index is 1.39. The molecule has 2 fully saturated rings. The van der Waals surface area contributed by atoms with Crippen molar-refractivity contribution in [1.82, 2.24) is 14.4 Å². The summed E-state index contributed by atoms with van der Waals surface area (Å²) in [6, 6.07) is 4.85. The van der Waals surface area contributed by atoms with E-state index in [-0.39, 0.29) is 16.7 Å². The third kappa shape index (κ3) is 2.68. The van der Waals surface area contributed by atoms with Crippen LogP contribution in [0.5, 0.6) is 0 Å². The lowest BCUT2D eigenvalue weighted by atomic mass is 9.86. The fourth-order valence-corrected chi connectivity index (χ4v) is 5.45. The number of hydrogen-bond acceptors (Lipinski definition) is 6. The first-order valence-electron chi connectivity index (χ1n) is 9.56. The first-order chi connectivity index (χ1) is 13.3. The highest BCUT2D eigenvalue weighted by atomic mass is 32.2. The molecule has 148 valence electrons. The Kier molecular flexibility index (Phi) is 3.73. The first-order valence-corrected chi connectivity index (χ1v) is 11.0. The monoisotopic (exact) mass is 402 g/mol. The van der Waals surface area contributed by atoms with Crippen LogP contribution in [0.2, 0.25) is 0 Å². The van der Waals surface area contributed by atoms with Crippen LogP contribution in [0.25, 0.3) is 0 Å². The predicted octanol–water partition coefficient (Wildman–Crippen LogP) is 2.35. The number of aromatic nitrogens is 2. The fourth-order valence-electron chi connectivity index (χ4n) is 3.93. The van der Waals surface area contributed by atoms with E-state index in [4.69, 9.17) is 4.52 Å². The minimum atomic E-state index is -3.66. The Hall–Kier alpha value is -2.26. The molecular formula is C19H22N4O4S. The zero-order chi connectivity index (χ0) is 19.7. The largest absolute Gasteiger partial charge is 0.339 e. The molecule has 28 heavy (non-hydrogen) atoms. The van der Waals surface area contributed by atoms with E-state index < -0.39 is 15.4 Å². The Morgan fingerprint density at radius 2 is 2.00 bits per heavy atom. The Morgan fingerprint density at radius 1 is 1.21 bits per heavy atom. The van der Waals surface area contributed by atoms with Crippen molar-refractivity contribution in [3.8, 4) is 0 Å². The second-order valence-electron chi connectivity index (χ2n) is 8.40. The number of hydrogen-bond donors (Lipinski definition) is 1. The zero-order valence-corrected chi connectivity index (χ0v) is 16.6. The van der Waals surface area contributed by atoms with Gasteiger partial charge in [0.05, 0.1) is 10.3 Å². The molecule has 0 radical (unpaired) electrons. The molecule has 2 aliphatic heterocycles. The van der Waals surface area contributed by atoms with Crippen molar-refractivity contribution in [2.75, 3.05) is 18.4 Å². The van der Waals surface area contributed by atoms with E-state index in [0.29, 0.717) is 48.4 Å². The maximum atomic E-state index is 13.2. The van der Waals surface area contributed by atoms with Gasteiger partial charge in [-0.1, -0.05) is 5.16 Å². The van der Waals surface area contributed by atoms with Gasteiger partial charge in [-0.15, -0.1) is 0 Å². The lowest BCUT2D eigenvalue weighted by Gasteiger charge is -2.19. The van der Waals surface area contributed by atoms with Crippen LogP contribution in [0.1, 0.15) is 62.2 Å². The summed E-state index contributed by atoms with van der Waals surface area (Å²) >= 11 is 0. The number of nitrogens with one attached hydrogen (secondary N) is 1. The molecule has 9 heteroatoms. The summed E-state index contributed by atoms with van der Waals surface area (Å²) in [4.78, 5) is 16.8. The molecular weight excluding hydrogens is 380 g/mol. The molecule has 1 amide bonds. The van der Waals surface area contributed by atoms with Crippen LogP contribution in [0, 0.1) is 0 Å². The van der Waals surface area contributed by atoms with Crippen LogP contribution in [-0.4, -0.2) is 41.9 Å². The molecule has 1 N–H and O–H groups in total. The molecule has 8 nitrogen and oxygen atoms in total. The van der Waals surface area contributed by atoms with Gasteiger partial charge in [0.25, 0.3) is 0 Å². The third-order valence-corrected chi connectivity index (χ3v) is 7.88. The van der Waals surface area contributed by atoms with Gasteiger partial charge in [-0.05, 0) is 56.9 Å². The van der Waals surface area contributed by atoms with Crippen LogP contribution >= 0.6 is 0 Å². The van der Waals surface area contributed by atoms with Crippen molar-refractivity contribution in [2.24, 2.45) is 0 Å². The average molecular weight is 402 g/mol. The molecule has 1 unspecified atom stereocenters. The first kappa shape index (κ1) is 17.8. The van der Waals surface area contributed by atoms with E-state index in [0.717, 1.165) is 12.8 Å². The van der Waals surface area contributed by atoms with Crippen molar-refractivity contribution in [3.63, 3.8) is 0 Å². The van der Waals surface area contributed by atoms with E-state index in [2.05, 4.69) is 15.5 Å². The summed E-state index contributed by atoms with van der Waals surface area (Å²) in [7, 11) is -3.66. The molecule has 2 aromatic rings. The van der Waals surface area contributed by atoms with Crippen molar-refractivity contribution in [3.05, 3.63) is 35.5 Å². The topological polar surface area (TPSA) is 105 Å². The van der Waals surface area contributed by atoms with Crippen molar-refractivity contribution in [1.29, 1.82) is 0 Å². The van der Waals surface area contributed by atoms with E-state index in [9.17, 15) is 13.2 Å². The van der Waals surface area contributed by atoms with Crippen molar-refractivity contribution in [2.45, 2.75) is 55.3 Å². The molecule has 3 heterocycles. The van der Waals surface area contributed by atoms with Gasteiger partial charge in [0.2, 0.25) is 21.8 Å². The minimum Gasteiger partial charge on any atom is -0.339 e. The average Bonchev–Trinajstić information content (AvgIpc) is 3.10. The van der Waals surface area contributed by atoms with Gasteiger partial charge < -0.3 is 9.84 Å². The summed E-state index contributed by atoms with van der Waals surface area (Å²) in [6.07, 6.45) is 2.83. The SMILES string of the molecule is CC1(C)C(=O)Nc2ccc(S(=O)(=O)N3CCC(c4noc(C5CC5)n4)C3)cc21. The highest BCUT2D eigenvalue weighted by Gasteiger charge is 2.41. The molecule has 5 rings (SSSR count). The highest BCUT2D eigenvalue weighted by molar-refractivity contribution is 7.89. The summed E-state index contributed by atoms with van der Waals surface area (Å²) in [5, 5.41) is 6.88. The molecule has 3 aliphatic rings. The standard InChI is InChI=1S/C19H22N4O4S/c1-19(2)14-9-13(5-6-15(14)20-18(19)24)28(25,26)23-8-7-12(10-23)16-21-17(27-22-16)11-3-4-11/h5-6,9,11-12H,3-4,7-8,10H2,1-2H3,(H,20,24). The number of benzene rings is 1. The third-order valence-electron chi connectivity index (χ3n) is 6.02. The smallest absolute Gasteiger partial charge is 0.243 e. The van der Waals surface area contributed by atoms with Crippen molar-refractivity contribution >= 4 is 21.6 Å². The lowest BCUT2D eigenvalue weighted by Crippen LogP contribution is -2.29. The number of anilines is 1. The summed E-state index contributed by atoms with van der Waals surface area (Å²) in [5.74, 6) is 1.48. The van der Waals surface area contributed by atoms with Crippen LogP contribution in [-0.2, 0) is 20.2 Å². The van der Waals surface area contributed by atoms with E-state index in [1.54, 1.807) is 32.0 Å². The van der Waals surface area contributed by atoms with Gasteiger partial charge in [0, 0.05) is 30.6 Å². The number of carbonyl (C=O) groups excluding carboxylic acids is 1. The summed E-state index contributed by atoms with van der Waals surface area (Å²) in [6.45, 7) is 4.34. The zero-order valence-electron chi connectivity index (χ0n) is 15.8. The maximum Gasteiger partial charge on any atom is 0.243 e. The van der Waals surface area contributed by atoms with Gasteiger partial charge in [0.15, 0.2) is 5.82 Å². The van der Waals surface area contributed by atoms with Crippen LogP contribution in [0.3, 0.4) is 0 Å². The normalized spacial score (nSPS) is 24.4. The Morgan fingerprint density at radius 3 is 2.75 bits per heavy atom. The highest BCUT2D eigenvalue weighted by Crippen LogP contribution is 2.41. The van der Waals surface area contributed by atoms with Gasteiger partial charge >= 0.3 is 0 Å². The number of nitrogens with zero attached hydrogens (tertiary/aromatic N) is 3. The van der Waals surface area contributed by atoms with Crippen LogP contribution < -0.4 is 5.32 Å². The molecule has 1 aliphatic carbocycles. The Labute approximate surface area is 163 Å². The molecule has 1 saturated heterocycles. The molecule has 1 aromatic carbocycles. The number of amides is 1. The van der Waals surface area contributed by atoms with E-state index in [1.165, 1.54) is 4.31 Å². The Bertz CT molecular complexity index is 1070. The second kappa shape index (κ2) is 5.87. The molecule has 0 spiro atoms. The number of carbonyl (C=O) groups is 1. The van der Waals surface area contributed by atoms with Gasteiger partial charge in [0.1, 0.15) is 0 Å².